The first-order valence-electron chi connectivity index (χ1n) is 7.97. The maximum absolute atomic E-state index is 12.5. The molecule has 2 amide bonds. The van der Waals surface area contributed by atoms with E-state index >= 15 is 0 Å². The predicted octanol–water partition coefficient (Wildman–Crippen LogP) is 3.17. The maximum Gasteiger partial charge on any atom is 0.265 e. The van der Waals surface area contributed by atoms with Gasteiger partial charge in [-0.1, -0.05) is 44.2 Å². The molecule has 0 radical (unpaired) electrons. The number of rotatable bonds is 4. The summed E-state index contributed by atoms with van der Waals surface area (Å²) in [4.78, 5) is 26.1. The molecule has 5 heteroatoms. The van der Waals surface area contributed by atoms with Crippen LogP contribution in [0.1, 0.15) is 25.3 Å². The molecule has 0 fully saturated rings. The number of hydrogen-bond acceptors (Lipinski definition) is 3. The Bertz CT molecular complexity index is 771. The third-order valence-corrected chi connectivity index (χ3v) is 3.97. The lowest BCUT2D eigenvalue weighted by atomic mass is 10.0. The SMILES string of the molecule is CC(C)c1ccccc1NC(=O)CN1C(=O)COc2ccccc21. The van der Waals surface area contributed by atoms with Crippen LogP contribution >= 0.6 is 0 Å². The number of fused-ring (bicyclic) bond motifs is 1. The molecule has 1 N–H and O–H groups in total. The van der Waals surface area contributed by atoms with E-state index in [4.69, 9.17) is 4.74 Å². The van der Waals surface area contributed by atoms with E-state index in [1.807, 2.05) is 36.4 Å². The van der Waals surface area contributed by atoms with Crippen LogP contribution in [0.3, 0.4) is 0 Å². The van der Waals surface area contributed by atoms with Gasteiger partial charge in [-0.25, -0.2) is 0 Å². The van der Waals surface area contributed by atoms with Gasteiger partial charge in [0.2, 0.25) is 5.91 Å². The van der Waals surface area contributed by atoms with Crippen molar-refractivity contribution >= 4 is 23.2 Å². The van der Waals surface area contributed by atoms with E-state index in [0.717, 1.165) is 11.3 Å². The lowest BCUT2D eigenvalue weighted by molar-refractivity contribution is -0.123. The molecule has 0 unspecified atom stereocenters. The Morgan fingerprint density at radius 3 is 2.67 bits per heavy atom. The maximum atomic E-state index is 12.5. The van der Waals surface area contributed by atoms with E-state index in [1.165, 1.54) is 4.90 Å². The van der Waals surface area contributed by atoms with Gasteiger partial charge in [-0.05, 0) is 29.7 Å². The Labute approximate surface area is 141 Å². The van der Waals surface area contributed by atoms with Crippen LogP contribution in [-0.2, 0) is 9.59 Å². The standard InChI is InChI=1S/C19H20N2O3/c1-13(2)14-7-3-4-8-15(14)20-18(22)11-21-16-9-5-6-10-17(16)24-12-19(21)23/h3-10,13H,11-12H2,1-2H3,(H,20,22). The first-order valence-corrected chi connectivity index (χ1v) is 7.97. The molecule has 0 saturated heterocycles. The van der Waals surface area contributed by atoms with Crippen LogP contribution in [0.15, 0.2) is 48.5 Å². The second kappa shape index (κ2) is 6.74. The molecular weight excluding hydrogens is 304 g/mol. The Morgan fingerprint density at radius 2 is 1.88 bits per heavy atom. The largest absolute Gasteiger partial charge is 0.482 e. The monoisotopic (exact) mass is 324 g/mol. The number of carbonyl (C=O) groups is 2. The van der Waals surface area contributed by atoms with Gasteiger partial charge in [0.15, 0.2) is 6.61 Å². The van der Waals surface area contributed by atoms with Gasteiger partial charge in [0.25, 0.3) is 5.91 Å². The Kier molecular flexibility index (Phi) is 4.51. The highest BCUT2D eigenvalue weighted by Crippen LogP contribution is 2.31. The topological polar surface area (TPSA) is 58.6 Å². The van der Waals surface area contributed by atoms with Crippen molar-refractivity contribution in [1.82, 2.24) is 0 Å². The number of hydrogen-bond donors (Lipinski definition) is 1. The van der Waals surface area contributed by atoms with Gasteiger partial charge in [-0.15, -0.1) is 0 Å². The fourth-order valence-corrected chi connectivity index (χ4v) is 2.77. The van der Waals surface area contributed by atoms with E-state index in [2.05, 4.69) is 19.2 Å². The predicted molar refractivity (Wildman–Crippen MR) is 93.5 cm³/mol. The number of benzene rings is 2. The summed E-state index contributed by atoms with van der Waals surface area (Å²) in [6.07, 6.45) is 0. The number of amides is 2. The number of para-hydroxylation sites is 3. The number of ether oxygens (including phenoxy) is 1. The number of nitrogens with zero attached hydrogens (tertiary/aromatic N) is 1. The van der Waals surface area contributed by atoms with Crippen LogP contribution < -0.4 is 15.0 Å². The molecule has 0 aromatic heterocycles. The highest BCUT2D eigenvalue weighted by Gasteiger charge is 2.27. The van der Waals surface area contributed by atoms with Crippen molar-refractivity contribution < 1.29 is 14.3 Å². The molecule has 124 valence electrons. The second-order valence-corrected chi connectivity index (χ2v) is 6.03. The van der Waals surface area contributed by atoms with Crippen LogP contribution in [-0.4, -0.2) is 25.0 Å². The van der Waals surface area contributed by atoms with Gasteiger partial charge in [0.05, 0.1) is 5.69 Å². The summed E-state index contributed by atoms with van der Waals surface area (Å²) in [5.41, 5.74) is 2.48. The molecule has 0 spiro atoms. The molecule has 5 nitrogen and oxygen atoms in total. The third kappa shape index (κ3) is 3.25. The van der Waals surface area contributed by atoms with Gasteiger partial charge >= 0.3 is 0 Å². The summed E-state index contributed by atoms with van der Waals surface area (Å²) >= 11 is 0. The van der Waals surface area contributed by atoms with Gasteiger partial charge in [-0.2, -0.15) is 0 Å². The number of anilines is 2. The second-order valence-electron chi connectivity index (χ2n) is 6.03. The lowest BCUT2D eigenvalue weighted by Crippen LogP contribution is -2.43. The van der Waals surface area contributed by atoms with Crippen LogP contribution in [0.4, 0.5) is 11.4 Å². The molecule has 1 heterocycles. The lowest BCUT2D eigenvalue weighted by Gasteiger charge is -2.28. The fourth-order valence-electron chi connectivity index (χ4n) is 2.77. The molecule has 2 aromatic rings. The van der Waals surface area contributed by atoms with Crippen molar-refractivity contribution in [2.24, 2.45) is 0 Å². The van der Waals surface area contributed by atoms with Crippen molar-refractivity contribution in [1.29, 1.82) is 0 Å². The van der Waals surface area contributed by atoms with E-state index in [1.54, 1.807) is 12.1 Å². The Hall–Kier alpha value is -2.82. The molecule has 1 aliphatic rings. The van der Waals surface area contributed by atoms with Gasteiger partial charge in [0, 0.05) is 5.69 Å². The summed E-state index contributed by atoms with van der Waals surface area (Å²) in [5, 5.41) is 2.92. The molecule has 2 aromatic carbocycles. The molecule has 24 heavy (non-hydrogen) atoms. The zero-order valence-electron chi connectivity index (χ0n) is 13.8. The van der Waals surface area contributed by atoms with Crippen molar-refractivity contribution in [3.05, 3.63) is 54.1 Å². The Balaban J connectivity index is 1.77. The zero-order valence-corrected chi connectivity index (χ0v) is 13.8. The number of carbonyl (C=O) groups excluding carboxylic acids is 2. The molecule has 1 aliphatic heterocycles. The smallest absolute Gasteiger partial charge is 0.265 e. The minimum atomic E-state index is -0.229. The average Bonchev–Trinajstić information content (AvgIpc) is 2.58. The van der Waals surface area contributed by atoms with Gasteiger partial charge in [-0.3, -0.25) is 14.5 Å². The van der Waals surface area contributed by atoms with E-state index in [9.17, 15) is 9.59 Å². The molecule has 3 rings (SSSR count). The summed E-state index contributed by atoms with van der Waals surface area (Å²) < 4.78 is 5.39. The van der Waals surface area contributed by atoms with Crippen molar-refractivity contribution in [3.8, 4) is 5.75 Å². The number of nitrogens with one attached hydrogen (secondary N) is 1. The van der Waals surface area contributed by atoms with Crippen molar-refractivity contribution in [2.75, 3.05) is 23.4 Å². The van der Waals surface area contributed by atoms with Crippen molar-refractivity contribution in [2.45, 2.75) is 19.8 Å². The molecule has 0 atom stereocenters. The highest BCUT2D eigenvalue weighted by atomic mass is 16.5. The zero-order chi connectivity index (χ0) is 17.1. The highest BCUT2D eigenvalue weighted by molar-refractivity contribution is 6.05. The summed E-state index contributed by atoms with van der Waals surface area (Å²) in [6, 6.07) is 14.9. The van der Waals surface area contributed by atoms with E-state index in [-0.39, 0.29) is 25.0 Å². The molecular formula is C19H20N2O3. The molecule has 0 saturated carbocycles. The normalized spacial score (nSPS) is 13.5. The quantitative estimate of drug-likeness (QED) is 0.940. The van der Waals surface area contributed by atoms with E-state index < -0.39 is 0 Å². The molecule has 0 bridgehead atoms. The van der Waals surface area contributed by atoms with Crippen LogP contribution in [0.5, 0.6) is 5.75 Å². The summed E-state index contributed by atoms with van der Waals surface area (Å²) in [5.74, 6) is 0.467. The van der Waals surface area contributed by atoms with E-state index in [0.29, 0.717) is 17.4 Å². The van der Waals surface area contributed by atoms with Crippen molar-refractivity contribution in [3.63, 3.8) is 0 Å². The van der Waals surface area contributed by atoms with Gasteiger partial charge < -0.3 is 10.1 Å². The van der Waals surface area contributed by atoms with Crippen LogP contribution in [0, 0.1) is 0 Å². The first-order chi connectivity index (χ1) is 11.6. The third-order valence-electron chi connectivity index (χ3n) is 3.97. The first kappa shape index (κ1) is 16.1. The van der Waals surface area contributed by atoms with Crippen LogP contribution in [0.25, 0.3) is 0 Å². The summed E-state index contributed by atoms with van der Waals surface area (Å²) in [7, 11) is 0. The van der Waals surface area contributed by atoms with Crippen LogP contribution in [0.2, 0.25) is 0 Å². The van der Waals surface area contributed by atoms with Gasteiger partial charge in [0.1, 0.15) is 12.3 Å². The minimum Gasteiger partial charge on any atom is -0.482 e. The minimum absolute atomic E-state index is 0.0361. The average molecular weight is 324 g/mol. The molecule has 0 aliphatic carbocycles. The summed E-state index contributed by atoms with van der Waals surface area (Å²) in [6.45, 7) is 4.07. The fraction of sp³-hybridized carbons (Fsp3) is 0.263. The Morgan fingerprint density at radius 1 is 1.17 bits per heavy atom.